The summed E-state index contributed by atoms with van der Waals surface area (Å²) in [5.41, 5.74) is 2.68. The van der Waals surface area contributed by atoms with Gasteiger partial charge in [-0.15, -0.1) is 0 Å². The number of hydrogen-bond donors (Lipinski definition) is 1. The minimum atomic E-state index is 0.497. The van der Waals surface area contributed by atoms with Crippen LogP contribution in [0.5, 0.6) is 0 Å². The highest BCUT2D eigenvalue weighted by atomic mass is 79.9. The molecule has 2 heterocycles. The Balaban J connectivity index is 1.45. The highest BCUT2D eigenvalue weighted by Gasteiger charge is 2.34. The molecule has 2 aliphatic rings. The van der Waals surface area contributed by atoms with Crippen LogP contribution in [0.1, 0.15) is 37.3 Å². The Morgan fingerprint density at radius 3 is 2.67 bits per heavy atom. The van der Waals surface area contributed by atoms with Crippen LogP contribution >= 0.6 is 15.9 Å². The van der Waals surface area contributed by atoms with Gasteiger partial charge in [0.25, 0.3) is 0 Å². The Morgan fingerprint density at radius 2 is 2.00 bits per heavy atom. The molecule has 1 N–H and O–H groups in total. The third kappa shape index (κ3) is 3.67. The van der Waals surface area contributed by atoms with Gasteiger partial charge in [0, 0.05) is 42.9 Å². The van der Waals surface area contributed by atoms with Crippen LogP contribution in [0.15, 0.2) is 41.1 Å². The second-order valence-corrected chi connectivity index (χ2v) is 8.11. The van der Waals surface area contributed by atoms with E-state index >= 15 is 0 Å². The maximum atomic E-state index is 4.32. The molecule has 5 heteroatoms. The maximum absolute atomic E-state index is 4.32. The Hall–Kier alpha value is -1.33. The van der Waals surface area contributed by atoms with Crippen molar-refractivity contribution in [1.82, 2.24) is 15.1 Å². The van der Waals surface area contributed by atoms with Crippen LogP contribution in [0.2, 0.25) is 0 Å². The minimum Gasteiger partial charge on any atom is -0.367 e. The lowest BCUT2D eigenvalue weighted by Gasteiger charge is -2.36. The Labute approximate surface area is 152 Å². The number of aryl methyl sites for hydroxylation is 1. The highest BCUT2D eigenvalue weighted by Crippen LogP contribution is 2.41. The molecule has 0 radical (unpaired) electrons. The van der Waals surface area contributed by atoms with Crippen molar-refractivity contribution in [3.63, 3.8) is 0 Å². The van der Waals surface area contributed by atoms with Crippen molar-refractivity contribution >= 4 is 21.6 Å². The molecule has 0 unspecified atom stereocenters. The molecule has 4 rings (SSSR count). The topological polar surface area (TPSA) is 33.1 Å². The molecule has 1 aliphatic heterocycles. The number of rotatable bonds is 5. The molecular formula is C19H25BrN4. The first kappa shape index (κ1) is 16.2. The first-order valence-corrected chi connectivity index (χ1v) is 9.73. The lowest BCUT2D eigenvalue weighted by Crippen LogP contribution is -2.47. The van der Waals surface area contributed by atoms with Crippen LogP contribution in [-0.2, 0) is 7.05 Å². The van der Waals surface area contributed by atoms with Crippen LogP contribution in [-0.4, -0.2) is 28.9 Å². The zero-order valence-electron chi connectivity index (χ0n) is 14.2. The summed E-state index contributed by atoms with van der Waals surface area (Å²) in [5.74, 6) is 0.806. The van der Waals surface area contributed by atoms with Crippen LogP contribution in [0.25, 0.3) is 0 Å². The molecule has 4 nitrogen and oxygen atoms in total. The van der Waals surface area contributed by atoms with Gasteiger partial charge in [0.05, 0.1) is 11.9 Å². The summed E-state index contributed by atoms with van der Waals surface area (Å²) in [7, 11) is 1.99. The van der Waals surface area contributed by atoms with Gasteiger partial charge in [0.2, 0.25) is 0 Å². The fourth-order valence-electron chi connectivity index (χ4n) is 3.78. The van der Waals surface area contributed by atoms with Gasteiger partial charge in [-0.3, -0.25) is 4.68 Å². The lowest BCUT2D eigenvalue weighted by molar-refractivity contribution is 0.356. The fraction of sp³-hybridized carbons (Fsp3) is 0.526. The largest absolute Gasteiger partial charge is 0.367 e. The average molecular weight is 389 g/mol. The smallest absolute Gasteiger partial charge is 0.0752 e. The van der Waals surface area contributed by atoms with E-state index in [1.165, 1.54) is 36.9 Å². The van der Waals surface area contributed by atoms with E-state index in [9.17, 15) is 0 Å². The summed E-state index contributed by atoms with van der Waals surface area (Å²) in [5, 5.41) is 8.30. The molecule has 1 saturated heterocycles. The molecular weight excluding hydrogens is 364 g/mol. The molecule has 2 fully saturated rings. The van der Waals surface area contributed by atoms with Crippen molar-refractivity contribution < 1.29 is 0 Å². The molecule has 1 aromatic heterocycles. The third-order valence-electron chi connectivity index (χ3n) is 5.22. The summed E-state index contributed by atoms with van der Waals surface area (Å²) in [6.07, 6.45) is 9.31. The van der Waals surface area contributed by atoms with Crippen LogP contribution < -0.4 is 10.2 Å². The average Bonchev–Trinajstić information content (AvgIpc) is 3.34. The number of aromatic nitrogens is 2. The van der Waals surface area contributed by atoms with Crippen LogP contribution in [0.4, 0.5) is 5.69 Å². The second kappa shape index (κ2) is 6.89. The molecule has 0 amide bonds. The molecule has 0 spiro atoms. The maximum Gasteiger partial charge on any atom is 0.0752 e. The summed E-state index contributed by atoms with van der Waals surface area (Å²) in [4.78, 5) is 2.47. The van der Waals surface area contributed by atoms with Gasteiger partial charge in [-0.2, -0.15) is 5.10 Å². The Morgan fingerprint density at radius 1 is 1.21 bits per heavy atom. The Kier molecular flexibility index (Phi) is 4.63. The molecule has 1 aliphatic carbocycles. The van der Waals surface area contributed by atoms with Crippen molar-refractivity contribution in [3.8, 4) is 0 Å². The molecule has 24 heavy (non-hydrogen) atoms. The van der Waals surface area contributed by atoms with Crippen molar-refractivity contribution in [2.45, 2.75) is 37.8 Å². The first-order chi connectivity index (χ1) is 11.7. The minimum absolute atomic E-state index is 0.497. The first-order valence-electron chi connectivity index (χ1n) is 8.94. The molecule has 2 atom stereocenters. The van der Waals surface area contributed by atoms with E-state index < -0.39 is 0 Å². The molecule has 1 aromatic carbocycles. The van der Waals surface area contributed by atoms with E-state index in [1.54, 1.807) is 0 Å². The van der Waals surface area contributed by atoms with Gasteiger partial charge in [-0.05, 0) is 49.3 Å². The highest BCUT2D eigenvalue weighted by molar-refractivity contribution is 9.10. The molecule has 1 saturated carbocycles. The molecule has 2 aromatic rings. The van der Waals surface area contributed by atoms with Crippen molar-refractivity contribution in [2.24, 2.45) is 13.0 Å². The van der Waals surface area contributed by atoms with E-state index in [1.807, 2.05) is 17.9 Å². The van der Waals surface area contributed by atoms with Gasteiger partial charge >= 0.3 is 0 Å². The third-order valence-corrected chi connectivity index (χ3v) is 5.74. The van der Waals surface area contributed by atoms with Gasteiger partial charge in [0.1, 0.15) is 0 Å². The van der Waals surface area contributed by atoms with Gasteiger partial charge in [-0.1, -0.05) is 28.1 Å². The zero-order valence-corrected chi connectivity index (χ0v) is 15.7. The van der Waals surface area contributed by atoms with E-state index in [0.29, 0.717) is 12.1 Å². The van der Waals surface area contributed by atoms with Crippen molar-refractivity contribution in [1.29, 1.82) is 0 Å². The fourth-order valence-corrected chi connectivity index (χ4v) is 4.04. The lowest BCUT2D eigenvalue weighted by atomic mass is 9.98. The number of hydrogen-bond acceptors (Lipinski definition) is 3. The molecule has 128 valence electrons. The number of piperidine rings is 1. The van der Waals surface area contributed by atoms with Crippen LogP contribution in [0.3, 0.4) is 0 Å². The molecule has 0 bridgehead atoms. The van der Waals surface area contributed by atoms with E-state index in [2.05, 4.69) is 61.7 Å². The number of halogens is 1. The van der Waals surface area contributed by atoms with E-state index in [4.69, 9.17) is 0 Å². The predicted molar refractivity (Wildman–Crippen MR) is 101 cm³/mol. The second-order valence-electron chi connectivity index (χ2n) is 7.19. The summed E-state index contributed by atoms with van der Waals surface area (Å²) >= 11 is 3.55. The number of nitrogens with zero attached hydrogens (tertiary/aromatic N) is 3. The van der Waals surface area contributed by atoms with E-state index in [-0.39, 0.29) is 0 Å². The normalized spacial score (nSPS) is 22.6. The van der Waals surface area contributed by atoms with Gasteiger partial charge in [-0.25, -0.2) is 0 Å². The number of anilines is 1. The standard InChI is InChI=1S/C19H25BrN4/c1-23-13-18(11-21-23)24-10-2-3-17(12-24)22-19(14-4-5-14)15-6-8-16(20)9-7-15/h6-9,11,13-14,17,19,22H,2-5,10,12H2,1H3/t17-,19-/m0/s1. The number of nitrogens with one attached hydrogen (secondary N) is 1. The summed E-state index contributed by atoms with van der Waals surface area (Å²) in [6.45, 7) is 2.21. The van der Waals surface area contributed by atoms with Gasteiger partial charge < -0.3 is 10.2 Å². The van der Waals surface area contributed by atoms with Gasteiger partial charge in [0.15, 0.2) is 0 Å². The SMILES string of the molecule is Cn1cc(N2CCC[C@H](N[C@H](c3ccc(Br)cc3)C3CC3)C2)cn1. The quantitative estimate of drug-likeness (QED) is 0.842. The van der Waals surface area contributed by atoms with Crippen LogP contribution in [0, 0.1) is 5.92 Å². The Bertz CT molecular complexity index is 677. The summed E-state index contributed by atoms with van der Waals surface area (Å²) in [6, 6.07) is 9.90. The summed E-state index contributed by atoms with van der Waals surface area (Å²) < 4.78 is 3.04. The number of benzene rings is 1. The monoisotopic (exact) mass is 388 g/mol. The predicted octanol–water partition coefficient (Wildman–Crippen LogP) is 3.89. The van der Waals surface area contributed by atoms with Crippen molar-refractivity contribution in [2.75, 3.05) is 18.0 Å². The van der Waals surface area contributed by atoms with E-state index in [0.717, 1.165) is 23.5 Å². The van der Waals surface area contributed by atoms with Crippen molar-refractivity contribution in [3.05, 3.63) is 46.7 Å². The zero-order chi connectivity index (χ0) is 16.5.